The number of hydrogen-bond donors (Lipinski definition) is 2. The van der Waals surface area contributed by atoms with Gasteiger partial charge in [0.25, 0.3) is 0 Å². The summed E-state index contributed by atoms with van der Waals surface area (Å²) >= 11 is 0. The van der Waals surface area contributed by atoms with Crippen LogP contribution in [-0.2, 0) is 0 Å². The lowest BCUT2D eigenvalue weighted by Gasteiger charge is -2.05. The zero-order chi connectivity index (χ0) is 14.1. The van der Waals surface area contributed by atoms with E-state index < -0.39 is 0 Å². The van der Waals surface area contributed by atoms with Crippen LogP contribution in [0.4, 0.5) is 0 Å². The maximum absolute atomic E-state index is 12.5. The van der Waals surface area contributed by atoms with Gasteiger partial charge in [-0.2, -0.15) is 0 Å². The topological polar surface area (TPSA) is 70.4 Å². The van der Waals surface area contributed by atoms with Gasteiger partial charge in [0, 0.05) is 17.1 Å². The quantitative estimate of drug-likeness (QED) is 0.699. The summed E-state index contributed by atoms with van der Waals surface area (Å²) in [5.74, 6) is -0.0922. The van der Waals surface area contributed by atoms with E-state index in [2.05, 4.69) is 4.98 Å². The molecule has 4 heteroatoms. The van der Waals surface area contributed by atoms with E-state index in [1.165, 1.54) is 24.4 Å². The van der Waals surface area contributed by atoms with Gasteiger partial charge in [-0.3, -0.25) is 9.78 Å². The number of ketones is 1. The Labute approximate surface area is 115 Å². The first-order valence-electron chi connectivity index (χ1n) is 6.06. The summed E-state index contributed by atoms with van der Waals surface area (Å²) in [6.45, 7) is 0. The van der Waals surface area contributed by atoms with Crippen molar-refractivity contribution in [3.05, 3.63) is 66.0 Å². The van der Waals surface area contributed by atoms with Gasteiger partial charge in [-0.15, -0.1) is 0 Å². The number of phenols is 2. The molecule has 0 spiro atoms. The highest BCUT2D eigenvalue weighted by atomic mass is 16.3. The van der Waals surface area contributed by atoms with Gasteiger partial charge in [0.2, 0.25) is 5.78 Å². The summed E-state index contributed by atoms with van der Waals surface area (Å²) in [4.78, 5) is 16.6. The van der Waals surface area contributed by atoms with E-state index in [1.54, 1.807) is 30.3 Å². The van der Waals surface area contributed by atoms with Gasteiger partial charge in [-0.25, -0.2) is 0 Å². The van der Waals surface area contributed by atoms with Crippen molar-refractivity contribution >= 4 is 16.6 Å². The lowest BCUT2D eigenvalue weighted by molar-refractivity contribution is 0.103. The van der Waals surface area contributed by atoms with E-state index in [-0.39, 0.29) is 17.3 Å². The van der Waals surface area contributed by atoms with Crippen LogP contribution in [0.15, 0.2) is 54.7 Å². The van der Waals surface area contributed by atoms with Crippen molar-refractivity contribution in [1.82, 2.24) is 4.98 Å². The minimum atomic E-state index is -0.266. The number of rotatable bonds is 2. The van der Waals surface area contributed by atoms with Crippen LogP contribution < -0.4 is 0 Å². The minimum absolute atomic E-state index is 0.0359. The molecule has 0 saturated heterocycles. The first kappa shape index (κ1) is 12.2. The SMILES string of the molecule is O=C(c1cccc(O)c1)c1nccc2cc(O)ccc12. The highest BCUT2D eigenvalue weighted by molar-refractivity contribution is 6.15. The number of hydrogen-bond acceptors (Lipinski definition) is 4. The second kappa shape index (κ2) is 4.66. The van der Waals surface area contributed by atoms with Gasteiger partial charge in [0.15, 0.2) is 0 Å². The van der Waals surface area contributed by atoms with Crippen LogP contribution in [0.1, 0.15) is 16.1 Å². The Bertz CT molecular complexity index is 812. The van der Waals surface area contributed by atoms with Gasteiger partial charge < -0.3 is 10.2 Å². The molecule has 1 heterocycles. The molecule has 2 N–H and O–H groups in total. The highest BCUT2D eigenvalue weighted by Gasteiger charge is 2.14. The molecule has 0 radical (unpaired) electrons. The largest absolute Gasteiger partial charge is 0.508 e. The first-order chi connectivity index (χ1) is 9.65. The molecule has 98 valence electrons. The van der Waals surface area contributed by atoms with Crippen molar-refractivity contribution in [2.45, 2.75) is 0 Å². The molecular weight excluding hydrogens is 254 g/mol. The van der Waals surface area contributed by atoms with E-state index in [0.717, 1.165) is 5.39 Å². The van der Waals surface area contributed by atoms with Crippen LogP contribution in [0.5, 0.6) is 11.5 Å². The molecule has 0 fully saturated rings. The lowest BCUT2D eigenvalue weighted by atomic mass is 10.0. The number of carbonyl (C=O) groups is 1. The molecule has 0 bridgehead atoms. The summed E-state index contributed by atoms with van der Waals surface area (Å²) in [5, 5.41) is 20.3. The molecule has 2 aromatic carbocycles. The zero-order valence-corrected chi connectivity index (χ0v) is 10.4. The van der Waals surface area contributed by atoms with E-state index in [0.29, 0.717) is 16.6 Å². The second-order valence-electron chi connectivity index (χ2n) is 4.44. The summed E-state index contributed by atoms with van der Waals surface area (Å²) in [7, 11) is 0. The smallest absolute Gasteiger partial charge is 0.212 e. The fourth-order valence-electron chi connectivity index (χ4n) is 2.13. The van der Waals surface area contributed by atoms with Crippen LogP contribution in [0.25, 0.3) is 10.8 Å². The third-order valence-electron chi connectivity index (χ3n) is 3.07. The molecule has 0 aliphatic heterocycles. The normalized spacial score (nSPS) is 10.6. The Morgan fingerprint density at radius 1 is 0.950 bits per heavy atom. The van der Waals surface area contributed by atoms with Gasteiger partial charge >= 0.3 is 0 Å². The Morgan fingerprint density at radius 2 is 1.75 bits per heavy atom. The summed E-state index contributed by atoms with van der Waals surface area (Å²) in [6.07, 6.45) is 1.53. The van der Waals surface area contributed by atoms with Gasteiger partial charge in [0.1, 0.15) is 17.2 Å². The van der Waals surface area contributed by atoms with Crippen molar-refractivity contribution in [3.63, 3.8) is 0 Å². The number of pyridine rings is 1. The molecule has 0 aliphatic rings. The van der Waals surface area contributed by atoms with Crippen LogP contribution in [0, 0.1) is 0 Å². The van der Waals surface area contributed by atoms with E-state index in [1.807, 2.05) is 0 Å². The fourth-order valence-corrected chi connectivity index (χ4v) is 2.13. The predicted octanol–water partition coefficient (Wildman–Crippen LogP) is 2.88. The molecule has 0 aliphatic carbocycles. The third kappa shape index (κ3) is 2.07. The third-order valence-corrected chi connectivity index (χ3v) is 3.07. The standard InChI is InChI=1S/C16H11NO3/c18-12-3-1-2-11(9-12)16(20)15-14-5-4-13(19)8-10(14)6-7-17-15/h1-9,18-19H. The van der Waals surface area contributed by atoms with Crippen LogP contribution in [0.2, 0.25) is 0 Å². The number of fused-ring (bicyclic) bond motifs is 1. The van der Waals surface area contributed by atoms with Gasteiger partial charge in [-0.05, 0) is 41.8 Å². The van der Waals surface area contributed by atoms with Crippen molar-refractivity contribution in [2.75, 3.05) is 0 Å². The molecule has 0 amide bonds. The summed E-state index contributed by atoms with van der Waals surface area (Å²) in [5.41, 5.74) is 0.672. The molecular formula is C16H11NO3. The number of benzene rings is 2. The van der Waals surface area contributed by atoms with Crippen molar-refractivity contribution < 1.29 is 15.0 Å². The molecule has 0 atom stereocenters. The Kier molecular flexibility index (Phi) is 2.84. The van der Waals surface area contributed by atoms with Crippen molar-refractivity contribution in [2.24, 2.45) is 0 Å². The number of nitrogens with zero attached hydrogens (tertiary/aromatic N) is 1. The Morgan fingerprint density at radius 3 is 2.55 bits per heavy atom. The molecule has 4 nitrogen and oxygen atoms in total. The zero-order valence-electron chi connectivity index (χ0n) is 10.4. The predicted molar refractivity (Wildman–Crippen MR) is 74.9 cm³/mol. The lowest BCUT2D eigenvalue weighted by Crippen LogP contribution is -2.04. The van der Waals surface area contributed by atoms with Crippen LogP contribution in [-0.4, -0.2) is 21.0 Å². The number of aromatic nitrogens is 1. The van der Waals surface area contributed by atoms with Crippen LogP contribution in [0.3, 0.4) is 0 Å². The fraction of sp³-hybridized carbons (Fsp3) is 0. The average molecular weight is 265 g/mol. The Balaban J connectivity index is 2.17. The van der Waals surface area contributed by atoms with E-state index in [4.69, 9.17) is 0 Å². The number of aromatic hydroxyl groups is 2. The maximum Gasteiger partial charge on any atom is 0.212 e. The molecule has 0 unspecified atom stereocenters. The van der Waals surface area contributed by atoms with Gasteiger partial charge in [-0.1, -0.05) is 12.1 Å². The molecule has 0 saturated carbocycles. The summed E-state index contributed by atoms with van der Waals surface area (Å²) < 4.78 is 0. The highest BCUT2D eigenvalue weighted by Crippen LogP contribution is 2.24. The second-order valence-corrected chi connectivity index (χ2v) is 4.44. The molecule has 1 aromatic heterocycles. The Hall–Kier alpha value is -2.88. The minimum Gasteiger partial charge on any atom is -0.508 e. The first-order valence-corrected chi connectivity index (χ1v) is 6.06. The molecule has 20 heavy (non-hydrogen) atoms. The molecule has 3 rings (SSSR count). The maximum atomic E-state index is 12.5. The number of carbonyl (C=O) groups excluding carboxylic acids is 1. The monoisotopic (exact) mass is 265 g/mol. The van der Waals surface area contributed by atoms with E-state index in [9.17, 15) is 15.0 Å². The van der Waals surface area contributed by atoms with Gasteiger partial charge in [0.05, 0.1) is 0 Å². The molecule has 3 aromatic rings. The van der Waals surface area contributed by atoms with Crippen LogP contribution >= 0.6 is 0 Å². The van der Waals surface area contributed by atoms with Crippen molar-refractivity contribution in [1.29, 1.82) is 0 Å². The van der Waals surface area contributed by atoms with Crippen molar-refractivity contribution in [3.8, 4) is 11.5 Å². The van der Waals surface area contributed by atoms with E-state index >= 15 is 0 Å². The average Bonchev–Trinajstić information content (AvgIpc) is 2.45. The summed E-state index contributed by atoms with van der Waals surface area (Å²) in [6, 6.07) is 12.6. The number of phenolic OH excluding ortho intramolecular Hbond substituents is 2.